The standard InChI is InChI=1S/7C17H27NO2/c7*1-18(2)13-16(17(19)11-5-4-6-12-17)14-7-9-15(20-3)10-8-14/h7*7-10,16,19H,4-6,11-13H2,1-3H3/t7*16-/m1111111/s1/i1D3,2D3,4D2,5D2,6D2,11D2,12D2;4D2,5D2,6D2,11D2,12D2,13D2;1D3,4D2,5D2,6D2,11D2,12D2;4D2,5D2,6D2,11D2,12D2;1D3,2D3,13D2,16D;1D3,13D2,16D;13D2,16D. The lowest BCUT2D eigenvalue weighted by atomic mass is 9.72. The largest absolute Gasteiger partial charge is 0.497 e. The highest BCUT2D eigenvalue weighted by molar-refractivity contribution is 5.38. The summed E-state index contributed by atoms with van der Waals surface area (Å²) in [6.07, 6.45) is -66.2. The molecule has 140 heavy (non-hydrogen) atoms. The van der Waals surface area contributed by atoms with Gasteiger partial charge in [-0.3, -0.25) is 0 Å². The van der Waals surface area contributed by atoms with Crippen LogP contribution in [-0.4, -0.2) is 303 Å². The van der Waals surface area contributed by atoms with E-state index in [-0.39, 0.29) is 81.2 Å². The number of rotatable bonds is 35. The number of methoxy groups -OCH3 is 7. The minimum Gasteiger partial charge on any atom is -0.497 e. The van der Waals surface area contributed by atoms with Gasteiger partial charge in [-0.15, -0.1) is 0 Å². The molecule has 784 valence electrons. The van der Waals surface area contributed by atoms with Gasteiger partial charge in [-0.1, -0.05) is 219 Å². The van der Waals surface area contributed by atoms with Gasteiger partial charge in [0.15, 0.2) is 0 Å². The van der Waals surface area contributed by atoms with Gasteiger partial charge in [0.25, 0.3) is 0 Å². The zero-order valence-corrected chi connectivity index (χ0v) is 82.3. The highest BCUT2D eigenvalue weighted by Crippen LogP contribution is 2.49. The number of likely N-dealkylation sites (N-methyl/N-ethyl adjacent to an activating group) is 7. The van der Waals surface area contributed by atoms with Crippen LogP contribution in [0.2, 0.25) is 0 Å². The first-order chi connectivity index (χ1) is 93.5. The molecule has 0 aromatic heterocycles. The molecule has 0 radical (unpaired) electrons. The average Bonchev–Trinajstić information content (AvgIpc) is 0.694. The Kier molecular flexibility index (Phi) is 22.1. The van der Waals surface area contributed by atoms with Crippen molar-refractivity contribution in [2.45, 2.75) is 304 Å². The summed E-state index contributed by atoms with van der Waals surface area (Å²) < 4.78 is 598. The van der Waals surface area contributed by atoms with Crippen molar-refractivity contribution in [3.63, 3.8) is 0 Å². The van der Waals surface area contributed by atoms with E-state index in [4.69, 9.17) is 128 Å². The Morgan fingerprint density at radius 3 is 0.643 bits per heavy atom. The summed E-state index contributed by atoms with van der Waals surface area (Å²) in [5.74, 6) is -11.3. The topological polar surface area (TPSA) is 229 Å². The summed E-state index contributed by atoms with van der Waals surface area (Å²) in [6, 6.07) is 40.1. The molecule has 7 aromatic carbocycles. The van der Waals surface area contributed by atoms with Gasteiger partial charge in [0.05, 0.1) is 89.0 Å². The molecule has 0 aliphatic heterocycles. The predicted molar refractivity (Wildman–Crippen MR) is 576 cm³/mol. The highest BCUT2D eigenvalue weighted by Gasteiger charge is 2.46. The average molecular weight is 2010 g/mol. The molecule has 7 fully saturated rings. The molecule has 7 atom stereocenters. The first-order valence-electron chi connectivity index (χ1n) is 80.1. The van der Waals surface area contributed by atoms with Crippen LogP contribution < -0.4 is 33.2 Å². The lowest BCUT2D eigenvalue weighted by Gasteiger charge is -2.40. The third kappa shape index (κ3) is 36.7. The Bertz CT molecular complexity index is 7660. The molecular formula is C119H189N7O14. The molecule has 0 saturated heterocycles. The third-order valence-electron chi connectivity index (χ3n) is 23.6. The molecule has 0 amide bonds. The Labute approximate surface area is 943 Å². The van der Waals surface area contributed by atoms with Crippen LogP contribution in [0, 0.1) is 0 Å². The van der Waals surface area contributed by atoms with Gasteiger partial charge in [-0.05, 0) is 312 Å². The van der Waals surface area contributed by atoms with Crippen molar-refractivity contribution in [3.05, 3.63) is 209 Å². The van der Waals surface area contributed by atoms with Crippen LogP contribution in [0.3, 0.4) is 0 Å². The van der Waals surface area contributed by atoms with E-state index in [0.29, 0.717) is 83.5 Å². The summed E-state index contributed by atoms with van der Waals surface area (Å²) in [6.45, 7) is -31.8. The summed E-state index contributed by atoms with van der Waals surface area (Å²) >= 11 is 0. The minimum atomic E-state index is -3.92. The molecule has 21 heteroatoms. The van der Waals surface area contributed by atoms with Crippen molar-refractivity contribution in [3.8, 4) is 40.2 Å². The number of aliphatic hydroxyl groups is 7. The van der Waals surface area contributed by atoms with Gasteiger partial charge in [-0.25, -0.2) is 0 Å². The molecule has 0 bridgehead atoms. The molecule has 7 aliphatic carbocycles. The zero-order valence-electron chi connectivity index (χ0n) is 151. The minimum absolute atomic E-state index is 0.0174. The number of nitrogens with zero attached hydrogens (tertiary/aromatic N) is 7. The van der Waals surface area contributed by atoms with Gasteiger partial charge in [-0.2, -0.15) is 0 Å². The SMILES string of the molecule is [2H]C([2H])(N(C)C)[C@]([2H])(c1ccc(OC)cc1)C1(O)CCCCC1.[2H]C([2H])([2H])N(C([2H])([2H])[2H])C([2H])([2H])[C@]([2H])(c1ccc(OC)cc1)C1(O)CCCCC1.[2H]C([2H])([2H])N(C)C([2H])([2H])[C@]([2H])(c1ccc(OC)cc1)C1(O)CCCCC1.[2H]C([2H])([2H])N(C)C[C@H](c1ccc(OC)cc1)C1(O)C([2H])([2H])C([2H])([2H])C([2H])([2H])C([2H])([2H])C1([2H])[2H].[2H]C([2H])([2H])N(C[C@H](c1ccc(OC)cc1)C1(O)C([2H])([2H])C([2H])([2H])C([2H])([2H])C([2H])([2H])C1([2H])[2H])C([2H])([2H])[2H].[2H]C([2H])([C@H](c1ccc(OC)cc1)C1(O)C([2H])([2H])C([2H])([2H])C([2H])([2H])C([2H])([2H])C1([2H])[2H])N(C)C.[2H]C1([2H])C([2H])([2H])C([2H])([2H])C(O)([C@H](CN(C)C)c2ccc(OC)cc2)C([2H])([2H])C1([2H])[2H]. The van der Waals surface area contributed by atoms with Gasteiger partial charge in [0.1, 0.15) is 40.2 Å². The second-order valence-electron chi connectivity index (χ2n) is 34.7. The lowest BCUT2D eigenvalue weighted by molar-refractivity contribution is -0.0280. The van der Waals surface area contributed by atoms with E-state index in [0.717, 1.165) is 68.1 Å². The van der Waals surface area contributed by atoms with E-state index in [9.17, 15) is 35.7 Å². The van der Waals surface area contributed by atoms with Gasteiger partial charge >= 0.3 is 0 Å². The fraction of sp³-hybridized carbons (Fsp3) is 0.647. The van der Waals surface area contributed by atoms with E-state index < -0.39 is 289 Å². The van der Waals surface area contributed by atoms with Crippen LogP contribution >= 0.6 is 0 Å². The second-order valence-corrected chi connectivity index (χ2v) is 34.7. The van der Waals surface area contributed by atoms with Gasteiger partial charge in [0.2, 0.25) is 0 Å². The maximum Gasteiger partial charge on any atom is 0.118 e. The number of ether oxygens (including phenoxy) is 7. The van der Waals surface area contributed by atoms with Crippen LogP contribution in [-0.2, 0) is 0 Å². The van der Waals surface area contributed by atoms with Crippen molar-refractivity contribution in [2.75, 3.05) is 194 Å². The molecule has 7 saturated carbocycles. The lowest BCUT2D eigenvalue weighted by Crippen LogP contribution is -2.42. The zero-order chi connectivity index (χ0) is 163. The maximum absolute atomic E-state index is 11.8. The molecule has 0 heterocycles. The van der Waals surface area contributed by atoms with E-state index in [1.54, 1.807) is 71.7 Å². The van der Waals surface area contributed by atoms with Crippen molar-refractivity contribution in [1.82, 2.24) is 34.3 Å². The van der Waals surface area contributed by atoms with Crippen molar-refractivity contribution in [1.29, 1.82) is 0 Å². The summed E-state index contributed by atoms with van der Waals surface area (Å²) in [5.41, 5.74) is -18.9. The van der Waals surface area contributed by atoms with E-state index in [1.165, 1.54) is 188 Å². The van der Waals surface area contributed by atoms with E-state index >= 15 is 0 Å². The Hall–Kier alpha value is -7.42. The summed E-state index contributed by atoms with van der Waals surface area (Å²) in [7, 11) is 21.1. The number of hydrogen-bond acceptors (Lipinski definition) is 21. The molecular weight excluding hydrogens is 1750 g/mol. The van der Waals surface area contributed by atoms with Crippen molar-refractivity contribution < 1.29 is 163 Å². The molecule has 7 aliphatic rings. The first-order valence-corrected chi connectivity index (χ1v) is 45.6. The molecule has 14 rings (SSSR count). The van der Waals surface area contributed by atoms with Crippen molar-refractivity contribution >= 4 is 0 Å². The first kappa shape index (κ1) is 52.8. The predicted octanol–water partition coefficient (Wildman–Crippen LogP) is 21.2. The monoisotopic (exact) mass is 2010 g/mol. The summed E-state index contributed by atoms with van der Waals surface area (Å²) in [4.78, 5) is 4.82. The fourth-order valence-corrected chi connectivity index (χ4v) is 16.4. The smallest absolute Gasteiger partial charge is 0.118 e. The van der Waals surface area contributed by atoms with Crippen molar-refractivity contribution in [2.24, 2.45) is 0 Å². The Balaban J connectivity index is 0.000000290. The molecule has 0 unspecified atom stereocenters. The molecule has 21 nitrogen and oxygen atoms in total. The highest BCUT2D eigenvalue weighted by atomic mass is 16.5. The second kappa shape index (κ2) is 58.7. The van der Waals surface area contributed by atoms with Crippen LogP contribution in [0.4, 0.5) is 0 Å². The Morgan fingerprint density at radius 1 is 0.236 bits per heavy atom. The molecule has 7 aromatic rings. The van der Waals surface area contributed by atoms with Crippen LogP contribution in [0.15, 0.2) is 170 Å². The fourth-order valence-electron chi connectivity index (χ4n) is 16.4. The van der Waals surface area contributed by atoms with E-state index in [2.05, 4.69) is 0 Å². The quantitative estimate of drug-likeness (QED) is 0.0196. The molecule has 0 spiro atoms. The maximum atomic E-state index is 11.8. The van der Waals surface area contributed by atoms with E-state index in [1.807, 2.05) is 0 Å². The van der Waals surface area contributed by atoms with Crippen LogP contribution in [0.1, 0.15) is 399 Å². The Morgan fingerprint density at radius 2 is 0.429 bits per heavy atom. The number of benzene rings is 7. The molecule has 7 N–H and O–H groups in total. The van der Waals surface area contributed by atoms with Gasteiger partial charge in [0, 0.05) is 182 Å². The van der Waals surface area contributed by atoms with Crippen LogP contribution in [0.5, 0.6) is 40.2 Å². The normalized spacial score (nSPS) is 36.0. The third-order valence-corrected chi connectivity index (χ3v) is 23.6. The van der Waals surface area contributed by atoms with Crippen LogP contribution in [0.25, 0.3) is 0 Å². The van der Waals surface area contributed by atoms with Gasteiger partial charge < -0.3 is 103 Å². The summed E-state index contributed by atoms with van der Waals surface area (Å²) in [5, 5.41) is 81.1. The number of hydrogen-bond donors (Lipinski definition) is 7.